The van der Waals surface area contributed by atoms with Crippen LogP contribution in [0.2, 0.25) is 5.02 Å². The van der Waals surface area contributed by atoms with Crippen molar-refractivity contribution < 1.29 is 4.74 Å². The van der Waals surface area contributed by atoms with Crippen LogP contribution in [0, 0.1) is 0 Å². The SMILES string of the molecule is COc1ccccc1Sc1nc2cc3ccccc3cc2nc1Nc1cccc(Cl)c1. The lowest BCUT2D eigenvalue weighted by Gasteiger charge is -2.13. The van der Waals surface area contributed by atoms with Gasteiger partial charge in [0, 0.05) is 10.7 Å². The standard InChI is InChI=1S/C25H18ClN3OS/c1-30-22-11-4-5-12-23(22)31-25-24(27-19-10-6-9-18(26)15-19)28-20-13-16-7-2-3-8-17(16)14-21(20)29-25/h2-15H,1H3,(H,27,28). The Morgan fingerprint density at radius 2 is 1.52 bits per heavy atom. The van der Waals surface area contributed by atoms with Gasteiger partial charge in [0.05, 0.1) is 23.0 Å². The molecule has 1 aromatic heterocycles. The first-order valence-corrected chi connectivity index (χ1v) is 10.9. The summed E-state index contributed by atoms with van der Waals surface area (Å²) < 4.78 is 5.53. The van der Waals surface area contributed by atoms with E-state index in [1.54, 1.807) is 7.11 Å². The Morgan fingerprint density at radius 3 is 2.26 bits per heavy atom. The van der Waals surface area contributed by atoms with Crippen molar-refractivity contribution in [3.63, 3.8) is 0 Å². The molecular weight excluding hydrogens is 426 g/mol. The summed E-state index contributed by atoms with van der Waals surface area (Å²) >= 11 is 7.70. The highest BCUT2D eigenvalue weighted by Crippen LogP contribution is 2.38. The van der Waals surface area contributed by atoms with Gasteiger partial charge in [-0.15, -0.1) is 0 Å². The molecule has 0 bridgehead atoms. The van der Waals surface area contributed by atoms with E-state index in [1.807, 2.05) is 60.7 Å². The zero-order valence-electron chi connectivity index (χ0n) is 16.7. The van der Waals surface area contributed by atoms with Crippen LogP contribution >= 0.6 is 23.4 Å². The van der Waals surface area contributed by atoms with Crippen LogP contribution < -0.4 is 10.1 Å². The van der Waals surface area contributed by atoms with E-state index in [0.717, 1.165) is 43.2 Å². The van der Waals surface area contributed by atoms with Crippen molar-refractivity contribution in [1.82, 2.24) is 9.97 Å². The van der Waals surface area contributed by atoms with Crippen molar-refractivity contribution in [1.29, 1.82) is 0 Å². The minimum Gasteiger partial charge on any atom is -0.496 e. The summed E-state index contributed by atoms with van der Waals surface area (Å²) in [4.78, 5) is 10.9. The predicted octanol–water partition coefficient (Wildman–Crippen LogP) is 7.34. The van der Waals surface area contributed by atoms with Crippen molar-refractivity contribution in [3.05, 3.63) is 90.0 Å². The molecule has 1 N–H and O–H groups in total. The molecule has 5 rings (SSSR count). The maximum atomic E-state index is 6.18. The lowest BCUT2D eigenvalue weighted by atomic mass is 10.1. The third-order valence-corrected chi connectivity index (χ3v) is 6.13. The van der Waals surface area contributed by atoms with Crippen LogP contribution in [-0.4, -0.2) is 17.1 Å². The first-order chi connectivity index (χ1) is 15.2. The average molecular weight is 444 g/mol. The lowest BCUT2D eigenvalue weighted by Crippen LogP contribution is -2.00. The van der Waals surface area contributed by atoms with Crippen molar-refractivity contribution in [2.75, 3.05) is 12.4 Å². The molecule has 1 heterocycles. The highest BCUT2D eigenvalue weighted by molar-refractivity contribution is 7.99. The summed E-state index contributed by atoms with van der Waals surface area (Å²) in [6.07, 6.45) is 0. The molecule has 0 aliphatic rings. The van der Waals surface area contributed by atoms with Crippen LogP contribution in [0.1, 0.15) is 0 Å². The van der Waals surface area contributed by atoms with Crippen molar-refractivity contribution in [3.8, 4) is 5.75 Å². The van der Waals surface area contributed by atoms with Gasteiger partial charge in [0.15, 0.2) is 5.82 Å². The number of methoxy groups -OCH3 is 1. The number of rotatable bonds is 5. The monoisotopic (exact) mass is 443 g/mol. The number of anilines is 2. The van der Waals surface area contributed by atoms with Crippen LogP contribution in [0.15, 0.2) is 94.9 Å². The maximum absolute atomic E-state index is 6.18. The highest BCUT2D eigenvalue weighted by Gasteiger charge is 2.14. The van der Waals surface area contributed by atoms with Crippen molar-refractivity contribution in [2.24, 2.45) is 0 Å². The minimum atomic E-state index is 0.656. The fourth-order valence-corrected chi connectivity index (χ4v) is 4.52. The molecule has 0 saturated heterocycles. The Balaban J connectivity index is 1.66. The van der Waals surface area contributed by atoms with Gasteiger partial charge >= 0.3 is 0 Å². The number of fused-ring (bicyclic) bond motifs is 2. The molecule has 0 atom stereocenters. The number of hydrogen-bond acceptors (Lipinski definition) is 5. The molecule has 5 aromatic rings. The Hall–Kier alpha value is -3.28. The molecule has 4 aromatic carbocycles. The topological polar surface area (TPSA) is 47.0 Å². The molecule has 0 spiro atoms. The number of aromatic nitrogens is 2. The van der Waals surface area contributed by atoms with Crippen molar-refractivity contribution >= 4 is 56.7 Å². The zero-order chi connectivity index (χ0) is 21.2. The summed E-state index contributed by atoms with van der Waals surface area (Å²) in [5.41, 5.74) is 2.52. The van der Waals surface area contributed by atoms with Gasteiger partial charge in [0.1, 0.15) is 10.8 Å². The zero-order valence-corrected chi connectivity index (χ0v) is 18.2. The fraction of sp³-hybridized carbons (Fsp3) is 0.0400. The molecule has 0 radical (unpaired) electrons. The molecule has 0 amide bonds. The van der Waals surface area contributed by atoms with E-state index in [-0.39, 0.29) is 0 Å². The highest BCUT2D eigenvalue weighted by atomic mass is 35.5. The minimum absolute atomic E-state index is 0.656. The van der Waals surface area contributed by atoms with Crippen LogP contribution in [0.5, 0.6) is 5.75 Å². The van der Waals surface area contributed by atoms with E-state index in [9.17, 15) is 0 Å². The van der Waals surface area contributed by atoms with Crippen LogP contribution in [0.25, 0.3) is 21.8 Å². The van der Waals surface area contributed by atoms with Gasteiger partial charge in [-0.25, -0.2) is 9.97 Å². The first-order valence-electron chi connectivity index (χ1n) is 9.73. The average Bonchev–Trinajstić information content (AvgIpc) is 2.78. The van der Waals surface area contributed by atoms with Gasteiger partial charge in [-0.2, -0.15) is 0 Å². The normalized spacial score (nSPS) is 11.0. The van der Waals surface area contributed by atoms with Crippen LogP contribution in [0.3, 0.4) is 0 Å². The van der Waals surface area contributed by atoms with Gasteiger partial charge in [0.25, 0.3) is 0 Å². The number of nitrogens with zero attached hydrogens (tertiary/aromatic N) is 2. The predicted molar refractivity (Wildman–Crippen MR) is 129 cm³/mol. The second-order valence-corrected chi connectivity index (χ2v) is 8.42. The smallest absolute Gasteiger partial charge is 0.164 e. The summed E-state index contributed by atoms with van der Waals surface area (Å²) in [7, 11) is 1.67. The molecule has 0 saturated carbocycles. The van der Waals surface area contributed by atoms with Crippen molar-refractivity contribution in [2.45, 2.75) is 9.92 Å². The number of benzene rings is 4. The Bertz CT molecular complexity index is 1410. The molecule has 31 heavy (non-hydrogen) atoms. The molecular formula is C25H18ClN3OS. The van der Waals surface area contributed by atoms with Crippen LogP contribution in [0.4, 0.5) is 11.5 Å². The number of halogens is 1. The van der Waals surface area contributed by atoms with E-state index in [1.165, 1.54) is 11.8 Å². The van der Waals surface area contributed by atoms with E-state index < -0.39 is 0 Å². The Labute approximate surface area is 189 Å². The summed E-state index contributed by atoms with van der Waals surface area (Å²) in [5.74, 6) is 1.46. The van der Waals surface area contributed by atoms with Gasteiger partial charge in [-0.05, 0) is 53.2 Å². The number of hydrogen-bond donors (Lipinski definition) is 1. The van der Waals surface area contributed by atoms with E-state index in [2.05, 4.69) is 29.6 Å². The number of ether oxygens (including phenoxy) is 1. The van der Waals surface area contributed by atoms with Gasteiger partial charge < -0.3 is 10.1 Å². The first kappa shape index (κ1) is 19.7. The Morgan fingerprint density at radius 1 is 0.806 bits per heavy atom. The molecule has 152 valence electrons. The molecule has 0 aliphatic heterocycles. The second kappa shape index (κ2) is 8.46. The largest absolute Gasteiger partial charge is 0.496 e. The summed E-state index contributed by atoms with van der Waals surface area (Å²) in [6.45, 7) is 0. The van der Waals surface area contributed by atoms with Crippen LogP contribution in [-0.2, 0) is 0 Å². The number of nitrogens with one attached hydrogen (secondary N) is 1. The third kappa shape index (κ3) is 4.15. The maximum Gasteiger partial charge on any atom is 0.164 e. The quantitative estimate of drug-likeness (QED) is 0.288. The third-order valence-electron chi connectivity index (χ3n) is 4.86. The second-order valence-electron chi connectivity index (χ2n) is 6.95. The fourth-order valence-electron chi connectivity index (χ4n) is 3.39. The molecule has 0 unspecified atom stereocenters. The summed E-state index contributed by atoms with van der Waals surface area (Å²) in [6, 6.07) is 27.8. The summed E-state index contributed by atoms with van der Waals surface area (Å²) in [5, 5.41) is 7.06. The Kier molecular flexibility index (Phi) is 5.37. The lowest BCUT2D eigenvalue weighted by molar-refractivity contribution is 0.405. The van der Waals surface area contributed by atoms with E-state index >= 15 is 0 Å². The molecule has 6 heteroatoms. The van der Waals surface area contributed by atoms with E-state index in [4.69, 9.17) is 26.3 Å². The van der Waals surface area contributed by atoms with Gasteiger partial charge in [-0.1, -0.05) is 65.8 Å². The van der Waals surface area contributed by atoms with Gasteiger partial charge in [-0.3, -0.25) is 0 Å². The van der Waals surface area contributed by atoms with Gasteiger partial charge in [0.2, 0.25) is 0 Å². The molecule has 0 aliphatic carbocycles. The molecule has 0 fully saturated rings. The molecule has 4 nitrogen and oxygen atoms in total. The number of para-hydroxylation sites is 1. The van der Waals surface area contributed by atoms with E-state index in [0.29, 0.717) is 10.8 Å².